The lowest BCUT2D eigenvalue weighted by Crippen LogP contribution is -2.42. The van der Waals surface area contributed by atoms with E-state index in [0.29, 0.717) is 23.1 Å². The van der Waals surface area contributed by atoms with E-state index < -0.39 is 0 Å². The molecule has 1 fully saturated rings. The van der Waals surface area contributed by atoms with Gasteiger partial charge in [-0.25, -0.2) is 4.98 Å². The van der Waals surface area contributed by atoms with Gasteiger partial charge in [-0.2, -0.15) is 4.98 Å². The maximum atomic E-state index is 5.53. The summed E-state index contributed by atoms with van der Waals surface area (Å²) in [7, 11) is 3.97. The quantitative estimate of drug-likeness (QED) is 0.661. The second-order valence-electron chi connectivity index (χ2n) is 7.67. The molecule has 0 spiro atoms. The minimum atomic E-state index is 0.399. The van der Waals surface area contributed by atoms with E-state index >= 15 is 0 Å². The van der Waals surface area contributed by atoms with Crippen molar-refractivity contribution in [1.82, 2.24) is 15.3 Å². The molecule has 1 heterocycles. The molecule has 0 amide bonds. The number of benzene rings is 1. The largest absolute Gasteiger partial charge is 0.363 e. The molecule has 0 radical (unpaired) electrons. The monoisotopic (exact) mass is 398 g/mol. The Bertz CT molecular complexity index is 814. The van der Waals surface area contributed by atoms with Crippen molar-refractivity contribution in [3.05, 3.63) is 41.6 Å². The lowest BCUT2D eigenvalue weighted by molar-refractivity contribution is 0.387. The van der Waals surface area contributed by atoms with E-state index in [2.05, 4.69) is 58.0 Å². The first-order valence-electron chi connectivity index (χ1n) is 9.83. The minimum absolute atomic E-state index is 0.399. The Morgan fingerprint density at radius 3 is 2.50 bits per heavy atom. The first kappa shape index (κ1) is 20.3. The van der Waals surface area contributed by atoms with E-state index in [-0.39, 0.29) is 0 Å². The van der Waals surface area contributed by atoms with Crippen molar-refractivity contribution in [3.8, 4) is 0 Å². The SMILES string of the molecule is Cc1cccc(NC(=S)N[C@H]2CC[C@@H](Nc3nccc(N(C)C)n3)CC2)c1C. The summed E-state index contributed by atoms with van der Waals surface area (Å²) in [5.41, 5.74) is 3.57. The Kier molecular flexibility index (Phi) is 6.67. The third-order valence-corrected chi connectivity index (χ3v) is 5.57. The van der Waals surface area contributed by atoms with Gasteiger partial charge in [-0.05, 0) is 75.0 Å². The molecule has 6 nitrogen and oxygen atoms in total. The van der Waals surface area contributed by atoms with Crippen LogP contribution in [-0.4, -0.2) is 41.3 Å². The normalized spacial score (nSPS) is 19.0. The Morgan fingerprint density at radius 1 is 1.07 bits per heavy atom. The summed E-state index contributed by atoms with van der Waals surface area (Å²) in [6, 6.07) is 8.95. The third kappa shape index (κ3) is 5.32. The van der Waals surface area contributed by atoms with Gasteiger partial charge in [0.05, 0.1) is 0 Å². The lowest BCUT2D eigenvalue weighted by atomic mass is 9.91. The number of nitrogens with zero attached hydrogens (tertiary/aromatic N) is 3. The van der Waals surface area contributed by atoms with E-state index in [1.807, 2.05) is 25.1 Å². The van der Waals surface area contributed by atoms with Gasteiger partial charge in [-0.15, -0.1) is 0 Å². The zero-order valence-corrected chi connectivity index (χ0v) is 17.9. The number of anilines is 3. The minimum Gasteiger partial charge on any atom is -0.363 e. The molecular formula is C21H30N6S. The number of rotatable bonds is 5. The Balaban J connectivity index is 1.47. The van der Waals surface area contributed by atoms with Crippen molar-refractivity contribution in [3.63, 3.8) is 0 Å². The van der Waals surface area contributed by atoms with Crippen molar-refractivity contribution < 1.29 is 0 Å². The number of aryl methyl sites for hydroxylation is 1. The van der Waals surface area contributed by atoms with Gasteiger partial charge < -0.3 is 20.9 Å². The van der Waals surface area contributed by atoms with Crippen LogP contribution in [0.25, 0.3) is 0 Å². The molecule has 1 aromatic carbocycles. The summed E-state index contributed by atoms with van der Waals surface area (Å²) in [6.45, 7) is 4.23. The summed E-state index contributed by atoms with van der Waals surface area (Å²) in [6.07, 6.45) is 6.08. The van der Waals surface area contributed by atoms with E-state index in [0.717, 1.165) is 37.2 Å². The highest BCUT2D eigenvalue weighted by atomic mass is 32.1. The highest BCUT2D eigenvalue weighted by Crippen LogP contribution is 2.22. The molecule has 28 heavy (non-hydrogen) atoms. The maximum Gasteiger partial charge on any atom is 0.224 e. The highest BCUT2D eigenvalue weighted by Gasteiger charge is 2.22. The predicted molar refractivity (Wildman–Crippen MR) is 121 cm³/mol. The molecule has 0 bridgehead atoms. The maximum absolute atomic E-state index is 5.53. The number of thiocarbonyl (C=S) groups is 1. The van der Waals surface area contributed by atoms with E-state index in [1.165, 1.54) is 11.1 Å². The third-order valence-electron chi connectivity index (χ3n) is 5.35. The van der Waals surface area contributed by atoms with Gasteiger partial charge in [-0.1, -0.05) is 12.1 Å². The smallest absolute Gasteiger partial charge is 0.224 e. The summed E-state index contributed by atoms with van der Waals surface area (Å²) < 4.78 is 0. The van der Waals surface area contributed by atoms with E-state index in [9.17, 15) is 0 Å². The van der Waals surface area contributed by atoms with Crippen LogP contribution in [0.5, 0.6) is 0 Å². The summed E-state index contributed by atoms with van der Waals surface area (Å²) in [5.74, 6) is 1.62. The standard InChI is InChI=1S/C21H30N6S/c1-14-6-5-7-18(15(14)2)25-21(28)24-17-10-8-16(9-11-17)23-20-22-13-12-19(26-20)27(3)4/h5-7,12-13,16-17H,8-11H2,1-4H3,(H,22,23,26)(H2,24,25,28)/t16-,17+. The molecule has 0 aliphatic heterocycles. The van der Waals surface area contributed by atoms with Crippen LogP contribution in [0.2, 0.25) is 0 Å². The van der Waals surface area contributed by atoms with Crippen LogP contribution in [0.1, 0.15) is 36.8 Å². The fourth-order valence-corrected chi connectivity index (χ4v) is 3.74. The molecule has 7 heteroatoms. The molecule has 3 N–H and O–H groups in total. The highest BCUT2D eigenvalue weighted by molar-refractivity contribution is 7.80. The number of hydrogen-bond acceptors (Lipinski definition) is 5. The zero-order chi connectivity index (χ0) is 20.1. The lowest BCUT2D eigenvalue weighted by Gasteiger charge is -2.30. The molecule has 0 atom stereocenters. The molecule has 1 aromatic heterocycles. The molecule has 1 saturated carbocycles. The molecule has 0 unspecified atom stereocenters. The van der Waals surface area contributed by atoms with Gasteiger partial charge in [0.15, 0.2) is 5.11 Å². The predicted octanol–water partition coefficient (Wildman–Crippen LogP) is 3.87. The Hall–Kier alpha value is -2.41. The van der Waals surface area contributed by atoms with Crippen molar-refractivity contribution in [1.29, 1.82) is 0 Å². The summed E-state index contributed by atoms with van der Waals surface area (Å²) in [5, 5.41) is 11.0. The molecule has 1 aliphatic carbocycles. The molecule has 2 aromatic rings. The van der Waals surface area contributed by atoms with Crippen molar-refractivity contribution in [2.75, 3.05) is 29.6 Å². The first-order chi connectivity index (χ1) is 13.4. The van der Waals surface area contributed by atoms with Crippen molar-refractivity contribution >= 4 is 34.8 Å². The molecular weight excluding hydrogens is 368 g/mol. The molecule has 3 rings (SSSR count). The summed E-state index contributed by atoms with van der Waals surface area (Å²) >= 11 is 5.53. The Morgan fingerprint density at radius 2 is 1.79 bits per heavy atom. The van der Waals surface area contributed by atoms with Crippen LogP contribution in [0.3, 0.4) is 0 Å². The van der Waals surface area contributed by atoms with Gasteiger partial charge in [-0.3, -0.25) is 0 Å². The van der Waals surface area contributed by atoms with Crippen LogP contribution in [0.15, 0.2) is 30.5 Å². The second-order valence-corrected chi connectivity index (χ2v) is 8.08. The summed E-state index contributed by atoms with van der Waals surface area (Å²) in [4.78, 5) is 10.9. The van der Waals surface area contributed by atoms with Crippen LogP contribution in [-0.2, 0) is 0 Å². The van der Waals surface area contributed by atoms with E-state index in [1.54, 1.807) is 6.20 Å². The molecule has 150 valence electrons. The number of hydrogen-bond donors (Lipinski definition) is 3. The van der Waals surface area contributed by atoms with Crippen molar-refractivity contribution in [2.45, 2.75) is 51.6 Å². The molecule has 1 aliphatic rings. The fraction of sp³-hybridized carbons (Fsp3) is 0.476. The van der Waals surface area contributed by atoms with Gasteiger partial charge in [0.1, 0.15) is 5.82 Å². The number of nitrogens with one attached hydrogen (secondary N) is 3. The van der Waals surface area contributed by atoms with Gasteiger partial charge in [0.2, 0.25) is 5.95 Å². The van der Waals surface area contributed by atoms with Crippen LogP contribution >= 0.6 is 12.2 Å². The van der Waals surface area contributed by atoms with Crippen LogP contribution in [0, 0.1) is 13.8 Å². The van der Waals surface area contributed by atoms with Gasteiger partial charge in [0, 0.05) is 38.1 Å². The Labute approximate surface area is 173 Å². The van der Waals surface area contributed by atoms with Crippen molar-refractivity contribution in [2.24, 2.45) is 0 Å². The fourth-order valence-electron chi connectivity index (χ4n) is 3.46. The average Bonchev–Trinajstić information content (AvgIpc) is 2.67. The zero-order valence-electron chi connectivity index (χ0n) is 17.1. The second kappa shape index (κ2) is 9.19. The number of aromatic nitrogens is 2. The van der Waals surface area contributed by atoms with E-state index in [4.69, 9.17) is 12.2 Å². The average molecular weight is 399 g/mol. The van der Waals surface area contributed by atoms with Gasteiger partial charge in [0.25, 0.3) is 0 Å². The van der Waals surface area contributed by atoms with Crippen LogP contribution < -0.4 is 20.9 Å². The topological polar surface area (TPSA) is 65.1 Å². The first-order valence-corrected chi connectivity index (χ1v) is 10.2. The van der Waals surface area contributed by atoms with Gasteiger partial charge >= 0.3 is 0 Å². The van der Waals surface area contributed by atoms with Crippen LogP contribution in [0.4, 0.5) is 17.5 Å². The molecule has 0 saturated heterocycles.